The van der Waals surface area contributed by atoms with E-state index in [1.165, 1.54) is 6.07 Å². The molecule has 3 rings (SSSR count). The highest BCUT2D eigenvalue weighted by Crippen LogP contribution is 2.20. The van der Waals surface area contributed by atoms with Crippen LogP contribution in [0.1, 0.15) is 5.69 Å². The van der Waals surface area contributed by atoms with Gasteiger partial charge in [0.25, 0.3) is 0 Å². The molecule has 0 spiro atoms. The van der Waals surface area contributed by atoms with Crippen LogP contribution in [0.5, 0.6) is 0 Å². The summed E-state index contributed by atoms with van der Waals surface area (Å²) in [5.74, 6) is -0.320. The van der Waals surface area contributed by atoms with Crippen LogP contribution in [0.15, 0.2) is 36.8 Å². The number of fused-ring (bicyclic) bond motifs is 1. The highest BCUT2D eigenvalue weighted by molar-refractivity contribution is 5.61. The molecule has 0 aromatic carbocycles. The molecule has 0 aliphatic rings. The first-order valence-electron chi connectivity index (χ1n) is 5.17. The van der Waals surface area contributed by atoms with Crippen LogP contribution in [0, 0.1) is 12.7 Å². The molecule has 4 nitrogen and oxygen atoms in total. The van der Waals surface area contributed by atoms with Crippen molar-refractivity contribution in [2.45, 2.75) is 6.92 Å². The number of hydrogen-bond acceptors (Lipinski definition) is 3. The molecule has 0 N–H and O–H groups in total. The second kappa shape index (κ2) is 3.62. The molecule has 0 saturated carbocycles. The van der Waals surface area contributed by atoms with Gasteiger partial charge in [0.05, 0.1) is 17.6 Å². The number of hydrogen-bond donors (Lipinski definition) is 0. The molecule has 0 aliphatic heterocycles. The number of halogens is 1. The smallest absolute Gasteiger partial charge is 0.155 e. The third-order valence-corrected chi connectivity index (χ3v) is 2.61. The summed E-state index contributed by atoms with van der Waals surface area (Å²) in [6, 6.07) is 5.03. The Morgan fingerprint density at radius 2 is 2.06 bits per heavy atom. The van der Waals surface area contributed by atoms with Crippen molar-refractivity contribution < 1.29 is 4.39 Å². The van der Waals surface area contributed by atoms with Gasteiger partial charge < -0.3 is 0 Å². The van der Waals surface area contributed by atoms with E-state index in [4.69, 9.17) is 0 Å². The molecule has 0 fully saturated rings. The van der Waals surface area contributed by atoms with Crippen LogP contribution in [0.3, 0.4) is 0 Å². The van der Waals surface area contributed by atoms with Gasteiger partial charge in [-0.15, -0.1) is 0 Å². The van der Waals surface area contributed by atoms with Crippen molar-refractivity contribution in [3.8, 4) is 11.3 Å². The van der Waals surface area contributed by atoms with Gasteiger partial charge in [0.15, 0.2) is 5.65 Å². The molecule has 0 amide bonds. The number of aromatic nitrogens is 4. The molecule has 84 valence electrons. The van der Waals surface area contributed by atoms with E-state index in [2.05, 4.69) is 15.1 Å². The second-order valence-corrected chi connectivity index (χ2v) is 3.72. The summed E-state index contributed by atoms with van der Waals surface area (Å²) in [7, 11) is 0. The fraction of sp³-hybridized carbons (Fsp3) is 0.0833. The SMILES string of the molecule is Cc1ncc(-c2ccnc3ccnn23)cc1F. The summed E-state index contributed by atoms with van der Waals surface area (Å²) in [5.41, 5.74) is 2.57. The standard InChI is InChI=1S/C12H9FN4/c1-8-10(13)6-9(7-15-8)11-2-4-14-12-3-5-16-17(11)12/h2-7H,1H3. The highest BCUT2D eigenvalue weighted by Gasteiger charge is 2.07. The third-order valence-electron chi connectivity index (χ3n) is 2.61. The van der Waals surface area contributed by atoms with Crippen LogP contribution in [0.2, 0.25) is 0 Å². The first-order valence-corrected chi connectivity index (χ1v) is 5.17. The summed E-state index contributed by atoms with van der Waals surface area (Å²) in [4.78, 5) is 8.16. The van der Waals surface area contributed by atoms with E-state index in [-0.39, 0.29) is 5.82 Å². The van der Waals surface area contributed by atoms with Gasteiger partial charge in [-0.3, -0.25) is 4.98 Å². The van der Waals surface area contributed by atoms with Crippen molar-refractivity contribution in [1.29, 1.82) is 0 Å². The lowest BCUT2D eigenvalue weighted by Crippen LogP contribution is -1.97. The van der Waals surface area contributed by atoms with Crippen molar-refractivity contribution in [3.05, 3.63) is 48.3 Å². The maximum Gasteiger partial charge on any atom is 0.155 e. The fourth-order valence-electron chi connectivity index (χ4n) is 1.70. The van der Waals surface area contributed by atoms with Crippen LogP contribution in [0.4, 0.5) is 4.39 Å². The Balaban J connectivity index is 2.26. The van der Waals surface area contributed by atoms with Crippen molar-refractivity contribution in [2.24, 2.45) is 0 Å². The van der Waals surface area contributed by atoms with E-state index >= 15 is 0 Å². The Morgan fingerprint density at radius 1 is 1.18 bits per heavy atom. The number of rotatable bonds is 1. The van der Waals surface area contributed by atoms with Crippen molar-refractivity contribution in [1.82, 2.24) is 19.6 Å². The maximum atomic E-state index is 13.5. The van der Waals surface area contributed by atoms with Crippen molar-refractivity contribution >= 4 is 5.65 Å². The Kier molecular flexibility index (Phi) is 2.11. The molecule has 3 heterocycles. The zero-order valence-corrected chi connectivity index (χ0v) is 9.13. The van der Waals surface area contributed by atoms with Gasteiger partial charge >= 0.3 is 0 Å². The van der Waals surface area contributed by atoms with Crippen LogP contribution in [-0.2, 0) is 0 Å². The largest absolute Gasteiger partial charge is 0.258 e. The van der Waals surface area contributed by atoms with Gasteiger partial charge in [0, 0.05) is 24.0 Å². The van der Waals surface area contributed by atoms with Gasteiger partial charge in [0.1, 0.15) is 5.82 Å². The second-order valence-electron chi connectivity index (χ2n) is 3.72. The Hall–Kier alpha value is -2.30. The molecular formula is C12H9FN4. The first kappa shape index (κ1) is 9.89. The number of nitrogens with zero attached hydrogens (tertiary/aromatic N) is 4. The average Bonchev–Trinajstić information content (AvgIpc) is 2.80. The minimum absolute atomic E-state index is 0.320. The molecule has 0 radical (unpaired) electrons. The van der Waals surface area contributed by atoms with Crippen LogP contribution in [0.25, 0.3) is 16.9 Å². The van der Waals surface area contributed by atoms with E-state index in [1.807, 2.05) is 0 Å². The van der Waals surface area contributed by atoms with E-state index in [0.717, 1.165) is 11.3 Å². The molecule has 0 bridgehead atoms. The highest BCUT2D eigenvalue weighted by atomic mass is 19.1. The van der Waals surface area contributed by atoms with Crippen molar-refractivity contribution in [2.75, 3.05) is 0 Å². The zero-order valence-electron chi connectivity index (χ0n) is 9.13. The molecular weight excluding hydrogens is 219 g/mol. The molecule has 0 aliphatic carbocycles. The summed E-state index contributed by atoms with van der Waals surface area (Å²) < 4.78 is 15.1. The lowest BCUT2D eigenvalue weighted by Gasteiger charge is -2.05. The molecule has 17 heavy (non-hydrogen) atoms. The van der Waals surface area contributed by atoms with Crippen LogP contribution < -0.4 is 0 Å². The molecule has 3 aromatic heterocycles. The summed E-state index contributed by atoms with van der Waals surface area (Å²) in [5, 5.41) is 4.15. The predicted octanol–water partition coefficient (Wildman–Crippen LogP) is 2.24. The average molecular weight is 228 g/mol. The minimum Gasteiger partial charge on any atom is -0.258 e. The zero-order chi connectivity index (χ0) is 11.8. The van der Waals surface area contributed by atoms with E-state index in [9.17, 15) is 4.39 Å². The monoisotopic (exact) mass is 228 g/mol. The summed E-state index contributed by atoms with van der Waals surface area (Å²) in [6.07, 6.45) is 4.96. The van der Waals surface area contributed by atoms with E-state index in [0.29, 0.717) is 11.3 Å². The quantitative estimate of drug-likeness (QED) is 0.641. The fourth-order valence-corrected chi connectivity index (χ4v) is 1.70. The molecule has 0 atom stereocenters. The van der Waals surface area contributed by atoms with Crippen molar-refractivity contribution in [3.63, 3.8) is 0 Å². The van der Waals surface area contributed by atoms with Gasteiger partial charge in [-0.25, -0.2) is 13.9 Å². The van der Waals surface area contributed by atoms with Crippen LogP contribution in [-0.4, -0.2) is 19.6 Å². The number of aryl methyl sites for hydroxylation is 1. The summed E-state index contributed by atoms with van der Waals surface area (Å²) >= 11 is 0. The third kappa shape index (κ3) is 1.56. The Morgan fingerprint density at radius 3 is 2.88 bits per heavy atom. The van der Waals surface area contributed by atoms with Gasteiger partial charge in [0.2, 0.25) is 0 Å². The van der Waals surface area contributed by atoms with E-state index in [1.54, 1.807) is 42.2 Å². The minimum atomic E-state index is -0.320. The normalized spacial score (nSPS) is 10.9. The lowest BCUT2D eigenvalue weighted by molar-refractivity contribution is 0.610. The van der Waals surface area contributed by atoms with E-state index < -0.39 is 0 Å². The molecule has 5 heteroatoms. The summed E-state index contributed by atoms with van der Waals surface area (Å²) in [6.45, 7) is 1.63. The first-order chi connectivity index (χ1) is 8.25. The molecule has 0 unspecified atom stereocenters. The Labute approximate surface area is 96.8 Å². The molecule has 3 aromatic rings. The lowest BCUT2D eigenvalue weighted by atomic mass is 10.2. The molecule has 0 saturated heterocycles. The van der Waals surface area contributed by atoms with Gasteiger partial charge in [-0.2, -0.15) is 5.10 Å². The topological polar surface area (TPSA) is 43.1 Å². The number of pyridine rings is 1. The predicted molar refractivity (Wildman–Crippen MR) is 60.9 cm³/mol. The van der Waals surface area contributed by atoms with Crippen LogP contribution >= 0.6 is 0 Å². The maximum absolute atomic E-state index is 13.5. The Bertz CT molecular complexity index is 690. The van der Waals surface area contributed by atoms with Gasteiger partial charge in [-0.1, -0.05) is 0 Å². The van der Waals surface area contributed by atoms with Gasteiger partial charge in [-0.05, 0) is 19.1 Å².